The van der Waals surface area contributed by atoms with Crippen LogP contribution in [0.4, 0.5) is 0 Å². The molecule has 0 aliphatic carbocycles. The van der Waals surface area contributed by atoms with Gasteiger partial charge in [0.1, 0.15) is 11.8 Å². The molecule has 9 nitrogen and oxygen atoms in total. The smallest absolute Gasteiger partial charge is 0.359 e. The maximum Gasteiger partial charge on any atom is 0.359 e. The van der Waals surface area contributed by atoms with Crippen molar-refractivity contribution in [2.45, 2.75) is 26.8 Å². The third kappa shape index (κ3) is 5.07. The maximum atomic E-state index is 12.2. The number of hydrogen-bond donors (Lipinski definition) is 2. The first-order valence-corrected chi connectivity index (χ1v) is 8.77. The van der Waals surface area contributed by atoms with Gasteiger partial charge in [-0.05, 0) is 61.0 Å². The number of amidine groups is 1. The van der Waals surface area contributed by atoms with E-state index in [0.29, 0.717) is 11.3 Å². The lowest BCUT2D eigenvalue weighted by Gasteiger charge is -2.11. The first kappa shape index (κ1) is 20.4. The van der Waals surface area contributed by atoms with Crippen molar-refractivity contribution in [3.63, 3.8) is 0 Å². The minimum Gasteiger partial charge on any atom is -0.484 e. The SMILES string of the molecule is Cc1nn(C(C)C(=O)O/N=C(\N)c2ccc(OCC(N)=O)cc2)c(C)c1Br. The van der Waals surface area contributed by atoms with Crippen molar-refractivity contribution in [2.75, 3.05) is 6.61 Å². The molecule has 0 spiro atoms. The summed E-state index contributed by atoms with van der Waals surface area (Å²) in [5, 5.41) is 7.98. The fourth-order valence-electron chi connectivity index (χ4n) is 2.22. The number of nitrogens with zero attached hydrogens (tertiary/aromatic N) is 3. The molecule has 1 aromatic carbocycles. The van der Waals surface area contributed by atoms with Crippen LogP contribution < -0.4 is 16.2 Å². The third-order valence-corrected chi connectivity index (χ3v) is 4.86. The van der Waals surface area contributed by atoms with Gasteiger partial charge < -0.3 is 21.0 Å². The van der Waals surface area contributed by atoms with Gasteiger partial charge in [-0.15, -0.1) is 0 Å². The highest BCUT2D eigenvalue weighted by Crippen LogP contribution is 2.23. The molecule has 0 bridgehead atoms. The zero-order valence-corrected chi connectivity index (χ0v) is 16.7. The molecule has 0 saturated carbocycles. The first-order chi connectivity index (χ1) is 12.7. The molecule has 4 N–H and O–H groups in total. The molecule has 144 valence electrons. The molecular formula is C17H20BrN5O4. The Morgan fingerprint density at radius 2 is 1.89 bits per heavy atom. The highest BCUT2D eigenvalue weighted by atomic mass is 79.9. The van der Waals surface area contributed by atoms with Crippen LogP contribution in [0, 0.1) is 13.8 Å². The van der Waals surface area contributed by atoms with Crippen molar-refractivity contribution >= 4 is 33.6 Å². The van der Waals surface area contributed by atoms with Gasteiger partial charge in [-0.3, -0.25) is 9.48 Å². The molecular weight excluding hydrogens is 418 g/mol. The monoisotopic (exact) mass is 437 g/mol. The van der Waals surface area contributed by atoms with Crippen LogP contribution in [0.2, 0.25) is 0 Å². The quantitative estimate of drug-likeness (QED) is 0.292. The van der Waals surface area contributed by atoms with Crippen LogP contribution in [0.25, 0.3) is 0 Å². The number of ether oxygens (including phenoxy) is 1. The van der Waals surface area contributed by atoms with Crippen LogP contribution in [-0.2, 0) is 14.4 Å². The van der Waals surface area contributed by atoms with Crippen LogP contribution in [0.3, 0.4) is 0 Å². The van der Waals surface area contributed by atoms with Gasteiger partial charge in [0.05, 0.1) is 15.9 Å². The number of aromatic nitrogens is 2. The zero-order valence-electron chi connectivity index (χ0n) is 15.1. The number of benzene rings is 1. The predicted molar refractivity (Wildman–Crippen MR) is 102 cm³/mol. The largest absolute Gasteiger partial charge is 0.484 e. The number of halogens is 1. The summed E-state index contributed by atoms with van der Waals surface area (Å²) in [6.45, 7) is 5.11. The van der Waals surface area contributed by atoms with Gasteiger partial charge in [-0.25, -0.2) is 4.79 Å². The molecule has 1 heterocycles. The Hall–Kier alpha value is -2.88. The van der Waals surface area contributed by atoms with E-state index >= 15 is 0 Å². The van der Waals surface area contributed by atoms with Gasteiger partial charge >= 0.3 is 5.97 Å². The average molecular weight is 438 g/mol. The van der Waals surface area contributed by atoms with E-state index in [0.717, 1.165) is 15.9 Å². The van der Waals surface area contributed by atoms with E-state index in [9.17, 15) is 9.59 Å². The van der Waals surface area contributed by atoms with Gasteiger partial charge in [-0.2, -0.15) is 5.10 Å². The van der Waals surface area contributed by atoms with E-state index < -0.39 is 17.9 Å². The van der Waals surface area contributed by atoms with Gasteiger partial charge in [0.15, 0.2) is 12.4 Å². The molecule has 2 rings (SSSR count). The zero-order chi connectivity index (χ0) is 20.1. The van der Waals surface area contributed by atoms with Crippen molar-refractivity contribution in [1.29, 1.82) is 0 Å². The molecule has 0 fully saturated rings. The fourth-order valence-corrected chi connectivity index (χ4v) is 2.48. The number of rotatable bonds is 7. The number of oxime groups is 1. The van der Waals surface area contributed by atoms with Crippen LogP contribution in [0.15, 0.2) is 33.9 Å². The van der Waals surface area contributed by atoms with E-state index in [1.165, 1.54) is 0 Å². The molecule has 1 atom stereocenters. The summed E-state index contributed by atoms with van der Waals surface area (Å²) in [6.07, 6.45) is 0. The Bertz CT molecular complexity index is 876. The Balaban J connectivity index is 2.02. The topological polar surface area (TPSA) is 135 Å². The Kier molecular flexibility index (Phi) is 6.56. The molecule has 0 saturated heterocycles. The summed E-state index contributed by atoms with van der Waals surface area (Å²) in [5.41, 5.74) is 13.0. The first-order valence-electron chi connectivity index (χ1n) is 7.97. The Morgan fingerprint density at radius 1 is 1.26 bits per heavy atom. The second-order valence-electron chi connectivity index (χ2n) is 5.77. The van der Waals surface area contributed by atoms with Crippen LogP contribution in [-0.4, -0.2) is 34.1 Å². The van der Waals surface area contributed by atoms with E-state index in [2.05, 4.69) is 26.2 Å². The van der Waals surface area contributed by atoms with Crippen molar-refractivity contribution in [1.82, 2.24) is 9.78 Å². The molecule has 0 aliphatic rings. The molecule has 0 radical (unpaired) electrons. The van der Waals surface area contributed by atoms with Crippen LogP contribution in [0.5, 0.6) is 5.75 Å². The number of aryl methyl sites for hydroxylation is 1. The third-order valence-electron chi connectivity index (χ3n) is 3.71. The average Bonchev–Trinajstić information content (AvgIpc) is 2.91. The Morgan fingerprint density at radius 3 is 2.41 bits per heavy atom. The van der Waals surface area contributed by atoms with Gasteiger partial charge in [0, 0.05) is 5.56 Å². The van der Waals surface area contributed by atoms with E-state index in [1.807, 2.05) is 13.8 Å². The lowest BCUT2D eigenvalue weighted by atomic mass is 10.2. The molecule has 1 unspecified atom stereocenters. The molecule has 27 heavy (non-hydrogen) atoms. The summed E-state index contributed by atoms with van der Waals surface area (Å²) < 4.78 is 7.54. The molecule has 1 aromatic heterocycles. The molecule has 10 heteroatoms. The minimum atomic E-state index is -0.670. The normalized spacial score (nSPS) is 12.5. The van der Waals surface area contributed by atoms with Crippen LogP contribution in [0.1, 0.15) is 29.9 Å². The van der Waals surface area contributed by atoms with Crippen molar-refractivity contribution in [3.8, 4) is 5.75 Å². The highest BCUT2D eigenvalue weighted by molar-refractivity contribution is 9.10. The second-order valence-corrected chi connectivity index (χ2v) is 6.56. The number of carbonyl (C=O) groups is 2. The Labute approximate surface area is 164 Å². The fraction of sp³-hybridized carbons (Fsp3) is 0.294. The number of nitrogens with two attached hydrogens (primary N) is 2. The minimum absolute atomic E-state index is 0.0200. The van der Waals surface area contributed by atoms with E-state index in [4.69, 9.17) is 21.0 Å². The molecule has 0 aliphatic heterocycles. The summed E-state index contributed by atoms with van der Waals surface area (Å²) in [5.74, 6) is -0.703. The van der Waals surface area contributed by atoms with Gasteiger partial charge in [0.2, 0.25) is 0 Å². The van der Waals surface area contributed by atoms with E-state index in [1.54, 1.807) is 35.9 Å². The van der Waals surface area contributed by atoms with Gasteiger partial charge in [-0.1, -0.05) is 5.16 Å². The lowest BCUT2D eigenvalue weighted by molar-refractivity contribution is -0.147. The number of primary amides is 1. The summed E-state index contributed by atoms with van der Waals surface area (Å²) in [6, 6.07) is 5.75. The summed E-state index contributed by atoms with van der Waals surface area (Å²) in [4.78, 5) is 27.9. The van der Waals surface area contributed by atoms with Crippen molar-refractivity contribution < 1.29 is 19.2 Å². The maximum absolute atomic E-state index is 12.2. The standard InChI is InChI=1S/C17H20BrN5O4/c1-9-15(18)10(2)23(21-9)11(3)17(25)27-22-16(20)12-4-6-13(7-5-12)26-8-14(19)24/h4-7,11H,8H2,1-3H3,(H2,19,24)(H2,20,22). The van der Waals surface area contributed by atoms with Gasteiger partial charge in [0.25, 0.3) is 5.91 Å². The van der Waals surface area contributed by atoms with Crippen molar-refractivity contribution in [2.24, 2.45) is 16.6 Å². The molecule has 2 aromatic rings. The van der Waals surface area contributed by atoms with E-state index in [-0.39, 0.29) is 12.4 Å². The van der Waals surface area contributed by atoms with Crippen LogP contribution >= 0.6 is 15.9 Å². The second kappa shape index (κ2) is 8.67. The lowest BCUT2D eigenvalue weighted by Crippen LogP contribution is -2.22. The highest BCUT2D eigenvalue weighted by Gasteiger charge is 2.22. The summed E-state index contributed by atoms with van der Waals surface area (Å²) >= 11 is 3.42. The number of carbonyl (C=O) groups excluding carboxylic acids is 2. The number of amides is 1. The summed E-state index contributed by atoms with van der Waals surface area (Å²) in [7, 11) is 0. The number of hydrogen-bond acceptors (Lipinski definition) is 6. The predicted octanol–water partition coefficient (Wildman–Crippen LogP) is 1.55. The molecule has 1 amide bonds. The van der Waals surface area contributed by atoms with Crippen molar-refractivity contribution in [3.05, 3.63) is 45.7 Å².